The summed E-state index contributed by atoms with van der Waals surface area (Å²) in [6, 6.07) is 7.35. The number of piperazine rings is 1. The van der Waals surface area contributed by atoms with Crippen molar-refractivity contribution < 1.29 is 29.3 Å². The van der Waals surface area contributed by atoms with E-state index in [-0.39, 0.29) is 0 Å². The predicted molar refractivity (Wildman–Crippen MR) is 111 cm³/mol. The largest absolute Gasteiger partial charge is 0.493 e. The van der Waals surface area contributed by atoms with E-state index >= 15 is 0 Å². The summed E-state index contributed by atoms with van der Waals surface area (Å²) in [6.45, 7) is 3.30. The zero-order valence-corrected chi connectivity index (χ0v) is 16.8. The Morgan fingerprint density at radius 1 is 1.26 bits per heavy atom. The Labute approximate surface area is 178 Å². The third-order valence-corrected chi connectivity index (χ3v) is 5.35. The van der Waals surface area contributed by atoms with E-state index in [0.717, 1.165) is 18.7 Å². The van der Waals surface area contributed by atoms with Crippen molar-refractivity contribution in [3.8, 4) is 5.75 Å². The van der Waals surface area contributed by atoms with Crippen LogP contribution in [0.3, 0.4) is 0 Å². The van der Waals surface area contributed by atoms with Gasteiger partial charge in [0.1, 0.15) is 17.1 Å². The summed E-state index contributed by atoms with van der Waals surface area (Å²) in [5.41, 5.74) is -1.47. The maximum absolute atomic E-state index is 12.1. The molecule has 0 saturated carbocycles. The molecule has 10 nitrogen and oxygen atoms in total. The second kappa shape index (κ2) is 8.78. The third kappa shape index (κ3) is 4.39. The van der Waals surface area contributed by atoms with Gasteiger partial charge in [-0.1, -0.05) is 18.2 Å². The van der Waals surface area contributed by atoms with Gasteiger partial charge in [-0.05, 0) is 6.07 Å². The first kappa shape index (κ1) is 20.9. The number of nitrogens with zero attached hydrogens (tertiary/aromatic N) is 2. The van der Waals surface area contributed by atoms with Crippen LogP contribution in [-0.2, 0) is 14.3 Å². The molecule has 3 aliphatic rings. The van der Waals surface area contributed by atoms with Gasteiger partial charge in [-0.15, -0.1) is 0 Å². The average Bonchev–Trinajstić information content (AvgIpc) is 2.78. The summed E-state index contributed by atoms with van der Waals surface area (Å²) in [5.74, 6) is -1.58. The van der Waals surface area contributed by atoms with Crippen LogP contribution in [0.2, 0.25) is 0 Å². The molecule has 3 aliphatic heterocycles. The van der Waals surface area contributed by atoms with Crippen molar-refractivity contribution in [1.29, 1.82) is 0 Å². The highest BCUT2D eigenvalue weighted by Crippen LogP contribution is 2.38. The Bertz CT molecular complexity index is 953. The Morgan fingerprint density at radius 2 is 2.03 bits per heavy atom. The van der Waals surface area contributed by atoms with E-state index in [2.05, 4.69) is 15.6 Å². The first-order valence-corrected chi connectivity index (χ1v) is 10.0. The van der Waals surface area contributed by atoms with Crippen LogP contribution >= 0.6 is 0 Å². The van der Waals surface area contributed by atoms with Crippen LogP contribution in [0, 0.1) is 0 Å². The number of para-hydroxylation sites is 1. The minimum Gasteiger partial charge on any atom is -0.493 e. The average molecular weight is 428 g/mol. The standard InChI is InChI=1S/C21H24N4O6/c26-19(27)11-15(20(28)29)21(13-23-12-18(24-21)25-8-6-22-7-9-25)31-17-5-10-30-16-4-2-1-3-14(16)17/h1-4,11-13,17,22,24H,5-10H2,(H,26,27)(H,28,29)/b15-11+. The summed E-state index contributed by atoms with van der Waals surface area (Å²) in [7, 11) is 0. The van der Waals surface area contributed by atoms with E-state index in [9.17, 15) is 19.8 Å². The molecular formula is C21H24N4O6. The van der Waals surface area contributed by atoms with Crippen molar-refractivity contribution in [2.24, 2.45) is 4.99 Å². The highest BCUT2D eigenvalue weighted by atomic mass is 16.5. The SMILES string of the molecule is O=C(O)/C=C(\C(=O)O)C1(OC2CCOc3ccccc32)C=NC=C(N2CCNCC2)N1. The van der Waals surface area contributed by atoms with Crippen LogP contribution in [0.15, 0.2) is 52.9 Å². The van der Waals surface area contributed by atoms with Crippen LogP contribution in [0.5, 0.6) is 5.75 Å². The molecule has 31 heavy (non-hydrogen) atoms. The van der Waals surface area contributed by atoms with Crippen LogP contribution in [0.4, 0.5) is 0 Å². The first-order valence-electron chi connectivity index (χ1n) is 10.0. The molecule has 4 N–H and O–H groups in total. The molecule has 10 heteroatoms. The molecule has 1 saturated heterocycles. The second-order valence-electron chi connectivity index (χ2n) is 7.37. The Kier molecular flexibility index (Phi) is 5.92. The molecule has 1 aromatic rings. The fraction of sp³-hybridized carbons (Fsp3) is 0.381. The van der Waals surface area contributed by atoms with E-state index in [1.54, 1.807) is 6.20 Å². The maximum atomic E-state index is 12.1. The molecule has 4 rings (SSSR count). The van der Waals surface area contributed by atoms with Gasteiger partial charge in [-0.3, -0.25) is 4.99 Å². The van der Waals surface area contributed by atoms with Gasteiger partial charge >= 0.3 is 11.9 Å². The quantitative estimate of drug-likeness (QED) is 0.483. The lowest BCUT2D eigenvalue weighted by Gasteiger charge is -2.42. The molecule has 2 unspecified atom stereocenters. The van der Waals surface area contributed by atoms with Gasteiger partial charge in [0.15, 0.2) is 0 Å². The van der Waals surface area contributed by atoms with Gasteiger partial charge in [0.25, 0.3) is 0 Å². The van der Waals surface area contributed by atoms with E-state index < -0.39 is 29.3 Å². The van der Waals surface area contributed by atoms with Gasteiger partial charge in [0, 0.05) is 44.2 Å². The van der Waals surface area contributed by atoms with Gasteiger partial charge in [-0.2, -0.15) is 0 Å². The van der Waals surface area contributed by atoms with Crippen LogP contribution in [0.1, 0.15) is 18.1 Å². The summed E-state index contributed by atoms with van der Waals surface area (Å²) in [6.07, 6.45) is 3.49. The van der Waals surface area contributed by atoms with Gasteiger partial charge < -0.3 is 35.2 Å². The fourth-order valence-electron chi connectivity index (χ4n) is 3.90. The van der Waals surface area contributed by atoms with Gasteiger partial charge in [-0.25, -0.2) is 9.59 Å². The lowest BCUT2D eigenvalue weighted by atomic mass is 9.98. The van der Waals surface area contributed by atoms with E-state index in [1.807, 2.05) is 29.2 Å². The molecule has 0 bridgehead atoms. The summed E-state index contributed by atoms with van der Waals surface area (Å²) >= 11 is 0. The van der Waals surface area contributed by atoms with Crippen molar-refractivity contribution in [2.45, 2.75) is 18.2 Å². The number of fused-ring (bicyclic) bond motifs is 1. The summed E-state index contributed by atoms with van der Waals surface area (Å²) in [4.78, 5) is 29.9. The van der Waals surface area contributed by atoms with Crippen molar-refractivity contribution in [2.75, 3.05) is 32.8 Å². The van der Waals surface area contributed by atoms with Gasteiger partial charge in [0.2, 0.25) is 5.72 Å². The molecule has 0 spiro atoms. The maximum Gasteiger partial charge on any atom is 0.337 e. The predicted octanol–water partition coefficient (Wildman–Crippen LogP) is 0.697. The molecule has 3 heterocycles. The Balaban J connectivity index is 1.72. The number of benzene rings is 1. The summed E-state index contributed by atoms with van der Waals surface area (Å²) < 4.78 is 12.0. The fourth-order valence-corrected chi connectivity index (χ4v) is 3.90. The minimum atomic E-state index is -1.77. The lowest BCUT2D eigenvalue weighted by Crippen LogP contribution is -2.58. The topological polar surface area (TPSA) is 133 Å². The number of aliphatic carboxylic acids is 2. The Morgan fingerprint density at radius 3 is 2.77 bits per heavy atom. The second-order valence-corrected chi connectivity index (χ2v) is 7.37. The third-order valence-electron chi connectivity index (χ3n) is 5.35. The number of hydrogen-bond acceptors (Lipinski definition) is 8. The molecule has 2 atom stereocenters. The van der Waals surface area contributed by atoms with E-state index in [0.29, 0.717) is 43.8 Å². The van der Waals surface area contributed by atoms with Crippen LogP contribution < -0.4 is 15.4 Å². The zero-order chi connectivity index (χ0) is 21.8. The number of ether oxygens (including phenoxy) is 2. The number of rotatable bonds is 6. The molecule has 1 fully saturated rings. The summed E-state index contributed by atoms with van der Waals surface area (Å²) in [5, 5.41) is 25.6. The first-order chi connectivity index (χ1) is 15.0. The molecule has 0 radical (unpaired) electrons. The Hall–Kier alpha value is -3.37. The van der Waals surface area contributed by atoms with Crippen LogP contribution in [-0.4, -0.2) is 71.8 Å². The molecule has 0 amide bonds. The van der Waals surface area contributed by atoms with Crippen molar-refractivity contribution >= 4 is 18.2 Å². The molecule has 1 aromatic carbocycles. The van der Waals surface area contributed by atoms with E-state index in [4.69, 9.17) is 9.47 Å². The minimum absolute atomic E-state index is 0.389. The molecule has 0 aromatic heterocycles. The van der Waals surface area contributed by atoms with Crippen LogP contribution in [0.25, 0.3) is 0 Å². The van der Waals surface area contributed by atoms with Gasteiger partial charge in [0.05, 0.1) is 25.1 Å². The number of carbonyl (C=O) groups is 2. The number of aliphatic imine (C=N–C) groups is 1. The number of hydrogen-bond donors (Lipinski definition) is 4. The smallest absolute Gasteiger partial charge is 0.337 e. The molecular weight excluding hydrogens is 404 g/mol. The normalized spacial score (nSPS) is 25.7. The number of nitrogens with one attached hydrogen (secondary N) is 2. The van der Waals surface area contributed by atoms with E-state index in [1.165, 1.54) is 6.21 Å². The van der Waals surface area contributed by atoms with Crippen molar-refractivity contribution in [3.63, 3.8) is 0 Å². The number of carboxylic acids is 2. The lowest BCUT2D eigenvalue weighted by molar-refractivity contribution is -0.139. The van der Waals surface area contributed by atoms with Crippen molar-refractivity contribution in [1.82, 2.24) is 15.5 Å². The monoisotopic (exact) mass is 428 g/mol. The highest BCUT2D eigenvalue weighted by Gasteiger charge is 2.44. The zero-order valence-electron chi connectivity index (χ0n) is 16.8. The molecule has 164 valence electrons. The number of carboxylic acid groups (broad SMARTS) is 2. The van der Waals surface area contributed by atoms with Crippen molar-refractivity contribution in [3.05, 3.63) is 53.5 Å². The molecule has 0 aliphatic carbocycles. The highest BCUT2D eigenvalue weighted by molar-refractivity contribution is 6.01.